The number of piperidine rings is 1. The number of benzene rings is 1. The number of halogens is 1. The molecule has 0 saturated carbocycles. The summed E-state index contributed by atoms with van der Waals surface area (Å²) >= 11 is 0. The predicted octanol–water partition coefficient (Wildman–Crippen LogP) is 2.76. The standard InChI is InChI=1S/C15H22N2O.ClH/c1-12-6-5-9-17(11-12)15(18)10-14(16)13-7-3-2-4-8-13;/h2-4,7-8,12,14H,5-6,9-11,16H2,1H3;1H/t12?,14-;/m0./s1. The molecular formula is C15H23ClN2O. The molecule has 0 spiro atoms. The Hall–Kier alpha value is -1.06. The molecule has 1 aromatic carbocycles. The quantitative estimate of drug-likeness (QED) is 0.927. The van der Waals surface area contributed by atoms with E-state index in [1.54, 1.807) is 0 Å². The molecular weight excluding hydrogens is 260 g/mol. The van der Waals surface area contributed by atoms with Crippen molar-refractivity contribution in [3.63, 3.8) is 0 Å². The van der Waals surface area contributed by atoms with Gasteiger partial charge in [0, 0.05) is 25.6 Å². The second kappa shape index (κ2) is 7.51. The van der Waals surface area contributed by atoms with Crippen molar-refractivity contribution in [2.75, 3.05) is 13.1 Å². The zero-order chi connectivity index (χ0) is 13.0. The largest absolute Gasteiger partial charge is 0.342 e. The molecule has 0 aliphatic carbocycles. The number of rotatable bonds is 3. The third-order valence-corrected chi connectivity index (χ3v) is 3.63. The van der Waals surface area contributed by atoms with Crippen molar-refractivity contribution in [2.45, 2.75) is 32.2 Å². The number of carbonyl (C=O) groups is 1. The van der Waals surface area contributed by atoms with Crippen molar-refractivity contribution >= 4 is 18.3 Å². The third kappa shape index (κ3) is 4.51. The Morgan fingerprint density at radius 1 is 1.42 bits per heavy atom. The van der Waals surface area contributed by atoms with Crippen LogP contribution in [0.2, 0.25) is 0 Å². The lowest BCUT2D eigenvalue weighted by molar-refractivity contribution is -0.133. The summed E-state index contributed by atoms with van der Waals surface area (Å²) in [5.74, 6) is 0.813. The van der Waals surface area contributed by atoms with Gasteiger partial charge in [-0.15, -0.1) is 12.4 Å². The smallest absolute Gasteiger partial charge is 0.224 e. The minimum Gasteiger partial charge on any atom is -0.342 e. The average Bonchev–Trinajstić information content (AvgIpc) is 2.39. The number of nitrogens with zero attached hydrogens (tertiary/aromatic N) is 1. The number of carbonyl (C=O) groups excluding carboxylic acids is 1. The molecule has 1 aliphatic rings. The van der Waals surface area contributed by atoms with Gasteiger partial charge in [0.25, 0.3) is 0 Å². The second-order valence-electron chi connectivity index (χ2n) is 5.31. The molecule has 4 heteroatoms. The number of hydrogen-bond donors (Lipinski definition) is 1. The molecule has 1 heterocycles. The molecule has 1 aromatic rings. The molecule has 1 aliphatic heterocycles. The maximum absolute atomic E-state index is 12.2. The van der Waals surface area contributed by atoms with Gasteiger partial charge in [-0.1, -0.05) is 37.3 Å². The highest BCUT2D eigenvalue weighted by Crippen LogP contribution is 2.19. The maximum Gasteiger partial charge on any atom is 0.224 e. The first kappa shape index (κ1) is 16.0. The van der Waals surface area contributed by atoms with E-state index in [4.69, 9.17) is 5.73 Å². The highest BCUT2D eigenvalue weighted by molar-refractivity contribution is 5.85. The van der Waals surface area contributed by atoms with Crippen LogP contribution in [0.4, 0.5) is 0 Å². The van der Waals surface area contributed by atoms with Crippen molar-refractivity contribution in [3.05, 3.63) is 35.9 Å². The summed E-state index contributed by atoms with van der Waals surface area (Å²) in [4.78, 5) is 14.1. The van der Waals surface area contributed by atoms with Gasteiger partial charge < -0.3 is 10.6 Å². The van der Waals surface area contributed by atoms with Gasteiger partial charge in [-0.2, -0.15) is 0 Å². The van der Waals surface area contributed by atoms with Gasteiger partial charge in [0.2, 0.25) is 5.91 Å². The highest BCUT2D eigenvalue weighted by atomic mass is 35.5. The van der Waals surface area contributed by atoms with E-state index in [1.807, 2.05) is 35.2 Å². The number of nitrogens with two attached hydrogens (primary N) is 1. The molecule has 2 atom stereocenters. The highest BCUT2D eigenvalue weighted by Gasteiger charge is 2.22. The van der Waals surface area contributed by atoms with E-state index in [0.29, 0.717) is 12.3 Å². The Balaban J connectivity index is 0.00000180. The average molecular weight is 283 g/mol. The van der Waals surface area contributed by atoms with Crippen LogP contribution >= 0.6 is 12.4 Å². The van der Waals surface area contributed by atoms with Crippen molar-refractivity contribution in [3.8, 4) is 0 Å². The normalized spacial score (nSPS) is 20.5. The summed E-state index contributed by atoms with van der Waals surface area (Å²) in [6.07, 6.45) is 2.76. The number of hydrogen-bond acceptors (Lipinski definition) is 2. The van der Waals surface area contributed by atoms with E-state index in [2.05, 4.69) is 6.92 Å². The minimum atomic E-state index is -0.184. The van der Waals surface area contributed by atoms with E-state index in [-0.39, 0.29) is 24.4 Å². The lowest BCUT2D eigenvalue weighted by Gasteiger charge is -2.31. The summed E-state index contributed by atoms with van der Waals surface area (Å²) < 4.78 is 0. The molecule has 1 amide bonds. The molecule has 2 rings (SSSR count). The van der Waals surface area contributed by atoms with Crippen LogP contribution in [0.25, 0.3) is 0 Å². The SMILES string of the molecule is CC1CCCN(C(=O)C[C@H](N)c2ccccc2)C1.Cl. The fourth-order valence-electron chi connectivity index (χ4n) is 2.55. The summed E-state index contributed by atoms with van der Waals surface area (Å²) in [5.41, 5.74) is 7.13. The Bertz CT molecular complexity index is 396. The molecule has 0 aromatic heterocycles. The molecule has 1 saturated heterocycles. The summed E-state index contributed by atoms with van der Waals surface area (Å²) in [5, 5.41) is 0. The minimum absolute atomic E-state index is 0. The van der Waals surface area contributed by atoms with E-state index >= 15 is 0 Å². The molecule has 3 nitrogen and oxygen atoms in total. The molecule has 2 N–H and O–H groups in total. The van der Waals surface area contributed by atoms with Gasteiger partial charge in [0.05, 0.1) is 0 Å². The molecule has 0 radical (unpaired) electrons. The Labute approximate surface area is 121 Å². The Kier molecular flexibility index (Phi) is 6.32. The van der Waals surface area contributed by atoms with Crippen molar-refractivity contribution in [1.29, 1.82) is 0 Å². The summed E-state index contributed by atoms with van der Waals surface area (Å²) in [6.45, 7) is 3.99. The summed E-state index contributed by atoms with van der Waals surface area (Å²) in [6, 6.07) is 9.67. The Morgan fingerprint density at radius 2 is 2.11 bits per heavy atom. The van der Waals surface area contributed by atoms with E-state index < -0.39 is 0 Å². The molecule has 0 bridgehead atoms. The van der Waals surface area contributed by atoms with Gasteiger partial charge >= 0.3 is 0 Å². The third-order valence-electron chi connectivity index (χ3n) is 3.63. The summed E-state index contributed by atoms with van der Waals surface area (Å²) in [7, 11) is 0. The van der Waals surface area contributed by atoms with Crippen LogP contribution in [0.3, 0.4) is 0 Å². The van der Waals surface area contributed by atoms with Crippen LogP contribution in [-0.2, 0) is 4.79 Å². The van der Waals surface area contributed by atoms with Crippen molar-refractivity contribution in [2.24, 2.45) is 11.7 Å². The van der Waals surface area contributed by atoms with E-state index in [0.717, 1.165) is 25.1 Å². The molecule has 19 heavy (non-hydrogen) atoms. The number of likely N-dealkylation sites (tertiary alicyclic amines) is 1. The number of amides is 1. The van der Waals surface area contributed by atoms with Gasteiger partial charge in [0.1, 0.15) is 0 Å². The lowest BCUT2D eigenvalue weighted by atomic mass is 9.98. The van der Waals surface area contributed by atoms with Crippen LogP contribution in [0.1, 0.15) is 37.8 Å². The van der Waals surface area contributed by atoms with E-state index in [1.165, 1.54) is 6.42 Å². The maximum atomic E-state index is 12.2. The van der Waals surface area contributed by atoms with Crippen molar-refractivity contribution in [1.82, 2.24) is 4.90 Å². The predicted molar refractivity (Wildman–Crippen MR) is 80.2 cm³/mol. The van der Waals surface area contributed by atoms with Gasteiger partial charge in [0.15, 0.2) is 0 Å². The van der Waals surface area contributed by atoms with Crippen LogP contribution in [0, 0.1) is 5.92 Å². The first-order valence-corrected chi connectivity index (χ1v) is 6.75. The zero-order valence-electron chi connectivity index (χ0n) is 11.4. The van der Waals surface area contributed by atoms with Crippen LogP contribution < -0.4 is 5.73 Å². The molecule has 1 fully saturated rings. The van der Waals surface area contributed by atoms with Gasteiger partial charge in [-0.05, 0) is 24.3 Å². The van der Waals surface area contributed by atoms with Crippen LogP contribution in [0.15, 0.2) is 30.3 Å². The first-order valence-electron chi connectivity index (χ1n) is 6.75. The monoisotopic (exact) mass is 282 g/mol. The lowest BCUT2D eigenvalue weighted by Crippen LogP contribution is -2.40. The second-order valence-corrected chi connectivity index (χ2v) is 5.31. The fourth-order valence-corrected chi connectivity index (χ4v) is 2.55. The van der Waals surface area contributed by atoms with Crippen LogP contribution in [0.5, 0.6) is 0 Å². The van der Waals surface area contributed by atoms with Gasteiger partial charge in [-0.25, -0.2) is 0 Å². The van der Waals surface area contributed by atoms with Crippen molar-refractivity contribution < 1.29 is 4.79 Å². The van der Waals surface area contributed by atoms with Crippen LogP contribution in [-0.4, -0.2) is 23.9 Å². The molecule has 106 valence electrons. The first-order chi connectivity index (χ1) is 8.66. The van der Waals surface area contributed by atoms with Gasteiger partial charge in [-0.3, -0.25) is 4.79 Å². The zero-order valence-corrected chi connectivity index (χ0v) is 12.2. The van der Waals surface area contributed by atoms with E-state index in [9.17, 15) is 4.79 Å². The fraction of sp³-hybridized carbons (Fsp3) is 0.533. The topological polar surface area (TPSA) is 46.3 Å². The molecule has 1 unspecified atom stereocenters. The Morgan fingerprint density at radius 3 is 2.74 bits per heavy atom.